The third kappa shape index (κ3) is 3.34. The second-order valence-corrected chi connectivity index (χ2v) is 6.26. The number of hydrogen-bond donors (Lipinski definition) is 1. The van der Waals surface area contributed by atoms with Gasteiger partial charge in [0.1, 0.15) is 0 Å². The van der Waals surface area contributed by atoms with E-state index in [1.54, 1.807) is 11.6 Å². The number of carbonyl (C=O) groups is 1. The van der Waals surface area contributed by atoms with Crippen LogP contribution in [0, 0.1) is 0 Å². The number of carboxylic acids is 1. The Labute approximate surface area is 136 Å². The molecule has 0 aromatic carbocycles. The Morgan fingerprint density at radius 2 is 1.91 bits per heavy atom. The molecular formula is C14H20N4O4S. The summed E-state index contributed by atoms with van der Waals surface area (Å²) in [7, 11) is 2.98. The van der Waals surface area contributed by atoms with Gasteiger partial charge in [0.05, 0.1) is 5.75 Å². The SMILES string of the molecule is CCCCCn1c(SCC(=O)O)nc2c1c(=O)n(C)c(=O)n2C. The summed E-state index contributed by atoms with van der Waals surface area (Å²) in [6.07, 6.45) is 2.88. The van der Waals surface area contributed by atoms with Crippen LogP contribution in [0.2, 0.25) is 0 Å². The third-order valence-electron chi connectivity index (χ3n) is 3.62. The Hall–Kier alpha value is -2.03. The van der Waals surface area contributed by atoms with Gasteiger partial charge in [-0.1, -0.05) is 31.5 Å². The first-order valence-electron chi connectivity index (χ1n) is 7.39. The highest BCUT2D eigenvalue weighted by atomic mass is 32.2. The molecule has 8 nitrogen and oxygen atoms in total. The van der Waals surface area contributed by atoms with Crippen molar-refractivity contribution in [2.75, 3.05) is 5.75 Å². The molecule has 1 N–H and O–H groups in total. The zero-order valence-corrected chi connectivity index (χ0v) is 14.2. The Kier molecular flexibility index (Phi) is 5.30. The average Bonchev–Trinajstić information content (AvgIpc) is 2.88. The van der Waals surface area contributed by atoms with Gasteiger partial charge in [0, 0.05) is 20.6 Å². The number of carboxylic acid groups (broad SMARTS) is 1. The highest BCUT2D eigenvalue weighted by Crippen LogP contribution is 2.22. The van der Waals surface area contributed by atoms with Crippen LogP contribution in [-0.4, -0.2) is 35.5 Å². The van der Waals surface area contributed by atoms with Crippen molar-refractivity contribution in [1.29, 1.82) is 0 Å². The predicted molar refractivity (Wildman–Crippen MR) is 88.1 cm³/mol. The first-order valence-corrected chi connectivity index (χ1v) is 8.37. The molecule has 126 valence electrons. The van der Waals surface area contributed by atoms with Gasteiger partial charge in [-0.25, -0.2) is 9.78 Å². The number of rotatable bonds is 7. The molecule has 0 atom stereocenters. The molecule has 0 fully saturated rings. The minimum absolute atomic E-state index is 0.147. The summed E-state index contributed by atoms with van der Waals surface area (Å²) in [5.41, 5.74) is -0.217. The van der Waals surface area contributed by atoms with Gasteiger partial charge in [-0.05, 0) is 6.42 Å². The number of aryl methyl sites for hydroxylation is 2. The normalized spacial score (nSPS) is 11.3. The van der Waals surface area contributed by atoms with E-state index in [0.29, 0.717) is 22.9 Å². The van der Waals surface area contributed by atoms with Crippen molar-refractivity contribution >= 4 is 28.9 Å². The second kappa shape index (κ2) is 7.03. The molecule has 0 aliphatic rings. The van der Waals surface area contributed by atoms with E-state index in [0.717, 1.165) is 35.6 Å². The second-order valence-electron chi connectivity index (χ2n) is 5.31. The van der Waals surface area contributed by atoms with E-state index >= 15 is 0 Å². The zero-order valence-electron chi connectivity index (χ0n) is 13.4. The molecule has 2 rings (SSSR count). The highest BCUT2D eigenvalue weighted by molar-refractivity contribution is 7.99. The number of unbranched alkanes of at least 4 members (excludes halogenated alkanes) is 2. The molecule has 2 aromatic rings. The molecule has 0 amide bonds. The fraction of sp³-hybridized carbons (Fsp3) is 0.571. The minimum atomic E-state index is -0.955. The first-order chi connectivity index (χ1) is 10.9. The smallest absolute Gasteiger partial charge is 0.332 e. The maximum Gasteiger partial charge on any atom is 0.332 e. The molecule has 9 heteroatoms. The van der Waals surface area contributed by atoms with Crippen LogP contribution < -0.4 is 11.2 Å². The lowest BCUT2D eigenvalue weighted by Gasteiger charge is -2.08. The van der Waals surface area contributed by atoms with Gasteiger partial charge in [-0.15, -0.1) is 0 Å². The molecule has 2 heterocycles. The summed E-state index contributed by atoms with van der Waals surface area (Å²) in [6, 6.07) is 0. The van der Waals surface area contributed by atoms with Crippen molar-refractivity contribution in [3.63, 3.8) is 0 Å². The molecule has 0 spiro atoms. The largest absolute Gasteiger partial charge is 0.481 e. The fourth-order valence-corrected chi connectivity index (χ4v) is 3.13. The molecule has 2 aromatic heterocycles. The van der Waals surface area contributed by atoms with E-state index in [9.17, 15) is 14.4 Å². The van der Waals surface area contributed by atoms with Gasteiger partial charge in [0.2, 0.25) is 0 Å². The lowest BCUT2D eigenvalue weighted by molar-refractivity contribution is -0.133. The summed E-state index contributed by atoms with van der Waals surface area (Å²) < 4.78 is 4.10. The zero-order chi connectivity index (χ0) is 17.1. The molecule has 0 radical (unpaired) electrons. The number of hydrogen-bond acceptors (Lipinski definition) is 5. The molecule has 0 aliphatic carbocycles. The van der Waals surface area contributed by atoms with Gasteiger partial charge in [0.15, 0.2) is 16.3 Å². The average molecular weight is 340 g/mol. The third-order valence-corrected chi connectivity index (χ3v) is 4.58. The molecule has 0 bridgehead atoms. The standard InChI is InChI=1S/C14H20N4O4S/c1-4-5-6-7-18-10-11(15-13(18)23-8-9(19)20)16(2)14(22)17(3)12(10)21/h4-8H2,1-3H3,(H,19,20). The Morgan fingerprint density at radius 3 is 2.52 bits per heavy atom. The Bertz CT molecular complexity index is 849. The van der Waals surface area contributed by atoms with Crippen LogP contribution in [0.5, 0.6) is 0 Å². The highest BCUT2D eigenvalue weighted by Gasteiger charge is 2.19. The molecular weight excluding hydrogens is 320 g/mol. The topological polar surface area (TPSA) is 99.1 Å². The predicted octanol–water partition coefficient (Wildman–Crippen LogP) is 0.801. The molecule has 23 heavy (non-hydrogen) atoms. The number of imidazole rings is 1. The fourth-order valence-electron chi connectivity index (χ4n) is 2.39. The quantitative estimate of drug-likeness (QED) is 0.591. The van der Waals surface area contributed by atoms with Crippen molar-refractivity contribution in [1.82, 2.24) is 18.7 Å². The summed E-state index contributed by atoms with van der Waals surface area (Å²) in [6.45, 7) is 2.65. The number of fused-ring (bicyclic) bond motifs is 1. The summed E-state index contributed by atoms with van der Waals surface area (Å²) in [5.74, 6) is -1.10. The van der Waals surface area contributed by atoms with Crippen LogP contribution in [0.15, 0.2) is 14.7 Å². The van der Waals surface area contributed by atoms with E-state index in [-0.39, 0.29) is 5.75 Å². The number of nitrogens with zero attached hydrogens (tertiary/aromatic N) is 4. The summed E-state index contributed by atoms with van der Waals surface area (Å²) in [4.78, 5) is 39.7. The maximum atomic E-state index is 12.5. The minimum Gasteiger partial charge on any atom is -0.481 e. The van der Waals surface area contributed by atoms with Crippen molar-refractivity contribution in [2.45, 2.75) is 37.9 Å². The van der Waals surface area contributed by atoms with Gasteiger partial charge >= 0.3 is 11.7 Å². The molecule has 0 saturated heterocycles. The van der Waals surface area contributed by atoms with Crippen molar-refractivity contribution in [2.24, 2.45) is 14.1 Å². The van der Waals surface area contributed by atoms with E-state index < -0.39 is 17.2 Å². The van der Waals surface area contributed by atoms with E-state index in [1.807, 2.05) is 0 Å². The van der Waals surface area contributed by atoms with Crippen molar-refractivity contribution in [3.05, 3.63) is 20.8 Å². The van der Waals surface area contributed by atoms with Crippen LogP contribution in [-0.2, 0) is 25.4 Å². The van der Waals surface area contributed by atoms with Crippen molar-refractivity contribution in [3.8, 4) is 0 Å². The van der Waals surface area contributed by atoms with Crippen LogP contribution in [0.3, 0.4) is 0 Å². The van der Waals surface area contributed by atoms with E-state index in [2.05, 4.69) is 11.9 Å². The lowest BCUT2D eigenvalue weighted by Crippen LogP contribution is -2.37. The summed E-state index contributed by atoms with van der Waals surface area (Å²) in [5, 5.41) is 9.33. The first kappa shape index (κ1) is 17.3. The molecule has 0 saturated carbocycles. The van der Waals surface area contributed by atoms with Gasteiger partial charge in [0.25, 0.3) is 5.56 Å². The Balaban J connectivity index is 2.64. The van der Waals surface area contributed by atoms with Crippen LogP contribution >= 0.6 is 11.8 Å². The van der Waals surface area contributed by atoms with Crippen LogP contribution in [0.1, 0.15) is 26.2 Å². The van der Waals surface area contributed by atoms with Gasteiger partial charge in [-0.2, -0.15) is 0 Å². The monoisotopic (exact) mass is 340 g/mol. The van der Waals surface area contributed by atoms with E-state index in [1.165, 1.54) is 11.6 Å². The summed E-state index contributed by atoms with van der Waals surface area (Å²) >= 11 is 1.06. The van der Waals surface area contributed by atoms with Gasteiger partial charge < -0.3 is 9.67 Å². The maximum absolute atomic E-state index is 12.5. The van der Waals surface area contributed by atoms with E-state index in [4.69, 9.17) is 5.11 Å². The number of aliphatic carboxylic acids is 1. The molecule has 0 aliphatic heterocycles. The van der Waals surface area contributed by atoms with Crippen LogP contribution in [0.4, 0.5) is 0 Å². The van der Waals surface area contributed by atoms with Gasteiger partial charge in [-0.3, -0.25) is 18.7 Å². The number of thioether (sulfide) groups is 1. The van der Waals surface area contributed by atoms with Crippen molar-refractivity contribution < 1.29 is 9.90 Å². The number of aromatic nitrogens is 4. The van der Waals surface area contributed by atoms with Crippen LogP contribution in [0.25, 0.3) is 11.2 Å². The lowest BCUT2D eigenvalue weighted by atomic mass is 10.2. The molecule has 0 unspecified atom stereocenters. The Morgan fingerprint density at radius 1 is 1.22 bits per heavy atom.